The van der Waals surface area contributed by atoms with Crippen molar-refractivity contribution in [3.63, 3.8) is 0 Å². The molecule has 0 radical (unpaired) electrons. The van der Waals surface area contributed by atoms with E-state index in [1.54, 1.807) is 37.3 Å². The molecule has 0 aliphatic carbocycles. The molecule has 1 fully saturated rings. The number of nitrogens with zero attached hydrogens (tertiary/aromatic N) is 2. The van der Waals surface area contributed by atoms with Crippen LogP contribution < -0.4 is 5.32 Å². The number of carbonyl (C=O) groups excluding carboxylic acids is 2. The van der Waals surface area contributed by atoms with E-state index in [4.69, 9.17) is 0 Å². The molecule has 1 aromatic rings. The third-order valence-corrected chi connectivity index (χ3v) is 3.62. The molecular formula is C14H11N3O2. The summed E-state index contributed by atoms with van der Waals surface area (Å²) in [6.45, 7) is 1.61. The van der Waals surface area contributed by atoms with Gasteiger partial charge in [0.1, 0.15) is 11.8 Å². The van der Waals surface area contributed by atoms with Gasteiger partial charge in [0.2, 0.25) is 11.8 Å². The smallest absolute Gasteiger partial charge is 0.244 e. The normalized spacial score (nSPS) is 30.1. The Labute approximate surface area is 110 Å². The number of nitriles is 2. The topological polar surface area (TPSA) is 93.8 Å². The summed E-state index contributed by atoms with van der Waals surface area (Å²) in [6, 6.07) is 12.6. The average Bonchev–Trinajstić information content (AvgIpc) is 2.40. The van der Waals surface area contributed by atoms with Crippen LogP contribution in [0.2, 0.25) is 0 Å². The Kier molecular flexibility index (Phi) is 3.06. The highest BCUT2D eigenvalue weighted by Crippen LogP contribution is 2.41. The molecule has 1 N–H and O–H groups in total. The lowest BCUT2D eigenvalue weighted by molar-refractivity contribution is -0.140. The summed E-state index contributed by atoms with van der Waals surface area (Å²) in [5.74, 6) is -3.44. The first-order chi connectivity index (χ1) is 9.05. The van der Waals surface area contributed by atoms with E-state index in [1.165, 1.54) is 0 Å². The van der Waals surface area contributed by atoms with Gasteiger partial charge in [-0.1, -0.05) is 37.3 Å². The molecule has 3 atom stereocenters. The van der Waals surface area contributed by atoms with Gasteiger partial charge in [0.05, 0.1) is 12.1 Å². The molecule has 0 bridgehead atoms. The lowest BCUT2D eigenvalue weighted by Gasteiger charge is -2.39. The van der Waals surface area contributed by atoms with Crippen LogP contribution in [0.3, 0.4) is 0 Å². The molecule has 1 unspecified atom stereocenters. The fourth-order valence-electron chi connectivity index (χ4n) is 2.49. The van der Waals surface area contributed by atoms with Crippen LogP contribution in [0.15, 0.2) is 30.3 Å². The predicted octanol–water partition coefficient (Wildman–Crippen LogP) is 0.880. The number of rotatable bonds is 1. The maximum absolute atomic E-state index is 11.8. The summed E-state index contributed by atoms with van der Waals surface area (Å²) < 4.78 is 0. The molecule has 19 heavy (non-hydrogen) atoms. The molecule has 1 saturated heterocycles. The second-order valence-electron chi connectivity index (χ2n) is 4.63. The highest BCUT2D eigenvalue weighted by Gasteiger charge is 2.54. The Morgan fingerprint density at radius 2 is 1.53 bits per heavy atom. The Hall–Kier alpha value is -2.66. The molecule has 1 aliphatic heterocycles. The van der Waals surface area contributed by atoms with Crippen LogP contribution in [0.1, 0.15) is 12.5 Å². The molecule has 1 aliphatic rings. The number of nitrogens with one attached hydrogen (secondary N) is 1. The maximum Gasteiger partial charge on any atom is 0.244 e. The zero-order chi connectivity index (χ0) is 14.0. The second kappa shape index (κ2) is 4.55. The third-order valence-electron chi connectivity index (χ3n) is 3.62. The van der Waals surface area contributed by atoms with E-state index < -0.39 is 29.1 Å². The molecule has 5 heteroatoms. The Morgan fingerprint density at radius 1 is 1.05 bits per heavy atom. The number of hydrogen-bond acceptors (Lipinski definition) is 4. The van der Waals surface area contributed by atoms with Crippen molar-refractivity contribution < 1.29 is 9.59 Å². The summed E-state index contributed by atoms with van der Waals surface area (Å²) in [5.41, 5.74) is -0.499. The molecule has 1 heterocycles. The summed E-state index contributed by atoms with van der Waals surface area (Å²) in [5, 5.41) is 20.5. The standard InChI is InChI=1S/C14H11N3O2/c1-14(9-5-3-2-4-6-9)10(7-15)12(18)17-13(19)11(14)8-16/h2-6,10-11H,1H3,(H,17,18,19)/t10-,11+,14?. The van der Waals surface area contributed by atoms with Crippen molar-refractivity contribution in [2.75, 3.05) is 0 Å². The van der Waals surface area contributed by atoms with Crippen molar-refractivity contribution in [1.82, 2.24) is 5.32 Å². The Balaban J connectivity index is 2.65. The van der Waals surface area contributed by atoms with E-state index in [0.717, 1.165) is 0 Å². The fraction of sp³-hybridized carbons (Fsp3) is 0.286. The minimum atomic E-state index is -1.13. The number of hydrogen-bond donors (Lipinski definition) is 1. The average molecular weight is 253 g/mol. The first kappa shape index (κ1) is 12.8. The summed E-state index contributed by atoms with van der Waals surface area (Å²) >= 11 is 0. The largest absolute Gasteiger partial charge is 0.294 e. The van der Waals surface area contributed by atoms with Gasteiger partial charge in [0, 0.05) is 5.41 Å². The Bertz CT molecular complexity index is 578. The van der Waals surface area contributed by atoms with E-state index in [-0.39, 0.29) is 0 Å². The Morgan fingerprint density at radius 3 is 1.95 bits per heavy atom. The molecule has 2 rings (SSSR count). The summed E-state index contributed by atoms with van der Waals surface area (Å²) in [6.07, 6.45) is 0. The first-order valence-electron chi connectivity index (χ1n) is 5.75. The van der Waals surface area contributed by atoms with Gasteiger partial charge in [0.15, 0.2) is 0 Å². The van der Waals surface area contributed by atoms with Gasteiger partial charge in [-0.3, -0.25) is 14.9 Å². The SMILES string of the molecule is CC1(c2ccccc2)[C@H](C#N)C(=O)NC(=O)[C@@H]1C#N. The quantitative estimate of drug-likeness (QED) is 0.752. The van der Waals surface area contributed by atoms with E-state index >= 15 is 0 Å². The van der Waals surface area contributed by atoms with Crippen molar-refractivity contribution in [3.8, 4) is 12.1 Å². The van der Waals surface area contributed by atoms with E-state index in [2.05, 4.69) is 5.32 Å². The van der Waals surface area contributed by atoms with Gasteiger partial charge in [-0.05, 0) is 5.56 Å². The first-order valence-corrected chi connectivity index (χ1v) is 5.75. The highest BCUT2D eigenvalue weighted by atomic mass is 16.2. The van der Waals surface area contributed by atoms with Gasteiger partial charge >= 0.3 is 0 Å². The molecule has 2 amide bonds. The molecule has 5 nitrogen and oxygen atoms in total. The van der Waals surface area contributed by atoms with Crippen LogP contribution >= 0.6 is 0 Å². The van der Waals surface area contributed by atoms with Crippen LogP contribution in [-0.2, 0) is 15.0 Å². The van der Waals surface area contributed by atoms with E-state index in [9.17, 15) is 20.1 Å². The van der Waals surface area contributed by atoms with Crippen LogP contribution in [-0.4, -0.2) is 11.8 Å². The van der Waals surface area contributed by atoms with Crippen molar-refractivity contribution in [2.24, 2.45) is 11.8 Å². The molecule has 0 aromatic heterocycles. The van der Waals surface area contributed by atoms with E-state index in [1.807, 2.05) is 12.1 Å². The minimum Gasteiger partial charge on any atom is -0.294 e. The molecule has 94 valence electrons. The highest BCUT2D eigenvalue weighted by molar-refractivity contribution is 6.04. The van der Waals surface area contributed by atoms with Crippen LogP contribution in [0.25, 0.3) is 0 Å². The zero-order valence-electron chi connectivity index (χ0n) is 10.3. The van der Waals surface area contributed by atoms with Crippen molar-refractivity contribution in [3.05, 3.63) is 35.9 Å². The summed E-state index contributed by atoms with van der Waals surface area (Å²) in [7, 11) is 0. The monoisotopic (exact) mass is 253 g/mol. The number of amides is 2. The number of carbonyl (C=O) groups is 2. The maximum atomic E-state index is 11.8. The van der Waals surface area contributed by atoms with E-state index in [0.29, 0.717) is 5.56 Å². The number of piperidine rings is 1. The summed E-state index contributed by atoms with van der Waals surface area (Å²) in [4.78, 5) is 23.6. The lowest BCUT2D eigenvalue weighted by Crippen LogP contribution is -2.58. The van der Waals surface area contributed by atoms with Crippen LogP contribution in [0.5, 0.6) is 0 Å². The second-order valence-corrected chi connectivity index (χ2v) is 4.63. The van der Waals surface area contributed by atoms with Crippen molar-refractivity contribution in [1.29, 1.82) is 10.5 Å². The number of benzene rings is 1. The predicted molar refractivity (Wildman–Crippen MR) is 65.1 cm³/mol. The number of imide groups is 1. The van der Waals surface area contributed by atoms with Gasteiger partial charge in [-0.15, -0.1) is 0 Å². The molecular weight excluding hydrogens is 242 g/mol. The zero-order valence-corrected chi connectivity index (χ0v) is 10.3. The molecule has 0 saturated carbocycles. The third kappa shape index (κ3) is 1.76. The molecule has 1 aromatic carbocycles. The lowest BCUT2D eigenvalue weighted by atomic mass is 9.62. The molecule has 0 spiro atoms. The van der Waals surface area contributed by atoms with Crippen molar-refractivity contribution >= 4 is 11.8 Å². The van der Waals surface area contributed by atoms with Gasteiger partial charge in [-0.2, -0.15) is 10.5 Å². The van der Waals surface area contributed by atoms with Gasteiger partial charge in [-0.25, -0.2) is 0 Å². The van der Waals surface area contributed by atoms with Crippen LogP contribution in [0.4, 0.5) is 0 Å². The fourth-order valence-corrected chi connectivity index (χ4v) is 2.49. The van der Waals surface area contributed by atoms with Gasteiger partial charge in [0.25, 0.3) is 0 Å². The minimum absolute atomic E-state index is 0.635. The van der Waals surface area contributed by atoms with Crippen molar-refractivity contribution in [2.45, 2.75) is 12.3 Å². The van der Waals surface area contributed by atoms with Gasteiger partial charge < -0.3 is 0 Å². The van der Waals surface area contributed by atoms with Crippen LogP contribution in [0, 0.1) is 34.5 Å².